The van der Waals surface area contributed by atoms with Gasteiger partial charge in [0, 0.05) is 0 Å². The molecule has 0 spiro atoms. The third-order valence-corrected chi connectivity index (χ3v) is 4.26. The smallest absolute Gasteiger partial charge is 0.272 e. The predicted molar refractivity (Wildman–Crippen MR) is 110 cm³/mol. The van der Waals surface area contributed by atoms with Gasteiger partial charge in [0.1, 0.15) is 11.5 Å². The Morgan fingerprint density at radius 1 is 1.00 bits per heavy atom. The lowest BCUT2D eigenvalue weighted by molar-refractivity contribution is -0.129. The number of hydrogen-bond donors (Lipinski definition) is 4. The second-order valence-corrected chi connectivity index (χ2v) is 6.34. The van der Waals surface area contributed by atoms with Crippen LogP contribution in [0.25, 0.3) is 10.8 Å². The minimum Gasteiger partial charge on any atom is -0.497 e. The number of methoxy groups -OCH3 is 1. The molecule has 0 aliphatic heterocycles. The summed E-state index contributed by atoms with van der Waals surface area (Å²) in [5.74, 6) is 0.0776. The molecule has 0 saturated heterocycles. The van der Waals surface area contributed by atoms with Crippen molar-refractivity contribution in [1.29, 1.82) is 0 Å². The molecular formula is C20H20N4O6. The van der Waals surface area contributed by atoms with Crippen LogP contribution >= 0.6 is 0 Å². The molecule has 2 aromatic carbocycles. The number of aromatic nitrogens is 2. The Hall–Kier alpha value is -4.08. The molecule has 156 valence electrons. The molecule has 0 aliphatic carbocycles. The Bertz CT molecular complexity index is 1180. The molecule has 0 fully saturated rings. The molecule has 30 heavy (non-hydrogen) atoms. The van der Waals surface area contributed by atoms with E-state index in [2.05, 4.69) is 20.8 Å². The lowest BCUT2D eigenvalue weighted by atomic mass is 10.1. The van der Waals surface area contributed by atoms with Crippen molar-refractivity contribution in [1.82, 2.24) is 15.5 Å². The number of fused-ring (bicyclic) bond motifs is 1. The van der Waals surface area contributed by atoms with E-state index in [9.17, 15) is 19.2 Å². The number of aromatic amines is 2. The van der Waals surface area contributed by atoms with Gasteiger partial charge in [-0.25, -0.2) is 0 Å². The lowest BCUT2D eigenvalue weighted by Crippen LogP contribution is -2.40. The van der Waals surface area contributed by atoms with Gasteiger partial charge in [-0.1, -0.05) is 6.07 Å². The van der Waals surface area contributed by atoms with Gasteiger partial charge in [0.15, 0.2) is 6.10 Å². The second kappa shape index (κ2) is 8.95. The Kier molecular flexibility index (Phi) is 6.16. The van der Waals surface area contributed by atoms with Crippen molar-refractivity contribution in [3.05, 3.63) is 63.2 Å². The van der Waals surface area contributed by atoms with Crippen LogP contribution in [0.5, 0.6) is 11.5 Å². The van der Waals surface area contributed by atoms with E-state index in [0.29, 0.717) is 11.5 Å². The maximum atomic E-state index is 12.2. The van der Waals surface area contributed by atoms with Crippen molar-refractivity contribution in [2.45, 2.75) is 13.0 Å². The summed E-state index contributed by atoms with van der Waals surface area (Å²) >= 11 is 0. The first-order valence-corrected chi connectivity index (χ1v) is 9.01. The summed E-state index contributed by atoms with van der Waals surface area (Å²) in [5, 5.41) is 9.62. The van der Waals surface area contributed by atoms with Crippen molar-refractivity contribution >= 4 is 28.3 Å². The van der Waals surface area contributed by atoms with Crippen LogP contribution in [-0.4, -0.2) is 41.8 Å². The first-order chi connectivity index (χ1) is 14.4. The predicted octanol–water partition coefficient (Wildman–Crippen LogP) is 0.747. The average molecular weight is 412 g/mol. The molecule has 0 radical (unpaired) electrons. The average Bonchev–Trinajstić information content (AvgIpc) is 2.75. The van der Waals surface area contributed by atoms with Gasteiger partial charge in [-0.3, -0.25) is 29.4 Å². The molecule has 10 nitrogen and oxygen atoms in total. The van der Waals surface area contributed by atoms with Crippen LogP contribution in [0.1, 0.15) is 6.92 Å². The number of anilines is 1. The summed E-state index contributed by atoms with van der Waals surface area (Å²) in [4.78, 5) is 48.3. The van der Waals surface area contributed by atoms with Crippen LogP contribution in [0, 0.1) is 0 Å². The number of hydrogen-bond acceptors (Lipinski definition) is 6. The maximum Gasteiger partial charge on any atom is 0.272 e. The van der Waals surface area contributed by atoms with E-state index in [1.54, 1.807) is 38.3 Å². The molecule has 0 aliphatic rings. The zero-order valence-electron chi connectivity index (χ0n) is 16.3. The monoisotopic (exact) mass is 412 g/mol. The summed E-state index contributed by atoms with van der Waals surface area (Å²) in [6.45, 7) is 1.21. The van der Waals surface area contributed by atoms with Crippen molar-refractivity contribution < 1.29 is 19.1 Å². The van der Waals surface area contributed by atoms with Gasteiger partial charge in [-0.05, 0) is 43.3 Å². The normalized spacial score (nSPS) is 11.5. The van der Waals surface area contributed by atoms with Gasteiger partial charge in [-0.2, -0.15) is 0 Å². The van der Waals surface area contributed by atoms with E-state index >= 15 is 0 Å². The fourth-order valence-electron chi connectivity index (χ4n) is 2.75. The Morgan fingerprint density at radius 3 is 2.37 bits per heavy atom. The number of H-pyrrole nitrogens is 2. The molecule has 1 aromatic heterocycles. The van der Waals surface area contributed by atoms with Crippen LogP contribution < -0.4 is 31.2 Å². The molecular weight excluding hydrogens is 392 g/mol. The number of carbonyl (C=O) groups excluding carboxylic acids is 2. The number of carbonyl (C=O) groups is 2. The van der Waals surface area contributed by atoms with Gasteiger partial charge in [-0.15, -0.1) is 0 Å². The first-order valence-electron chi connectivity index (χ1n) is 9.01. The number of amides is 2. The number of benzene rings is 2. The van der Waals surface area contributed by atoms with E-state index in [1.807, 2.05) is 0 Å². The highest BCUT2D eigenvalue weighted by molar-refractivity contribution is 6.02. The molecule has 3 rings (SSSR count). The third-order valence-electron chi connectivity index (χ3n) is 4.26. The molecule has 2 amide bonds. The standard InChI is InChI=1S/C20H20N4O6/c1-11(30-13-8-6-12(29-2)7-9-13)18(26)21-10-16(25)22-15-5-3-4-14-17(15)20(28)24-23-19(14)27/h3-9,11H,10H2,1-2H3,(H,21,26)(H,22,25)(H,23,27)(H,24,28). The molecule has 0 bridgehead atoms. The summed E-state index contributed by atoms with van der Waals surface area (Å²) in [6, 6.07) is 11.2. The summed E-state index contributed by atoms with van der Waals surface area (Å²) < 4.78 is 10.6. The first kappa shape index (κ1) is 20.6. The van der Waals surface area contributed by atoms with Gasteiger partial charge in [0.25, 0.3) is 17.0 Å². The molecule has 1 unspecified atom stereocenters. The second-order valence-electron chi connectivity index (χ2n) is 6.34. The topological polar surface area (TPSA) is 142 Å². The van der Waals surface area contributed by atoms with Crippen LogP contribution in [0.2, 0.25) is 0 Å². The quantitative estimate of drug-likeness (QED) is 0.451. The van der Waals surface area contributed by atoms with E-state index in [-0.39, 0.29) is 23.0 Å². The largest absolute Gasteiger partial charge is 0.497 e. The summed E-state index contributed by atoms with van der Waals surface area (Å²) in [7, 11) is 1.55. The summed E-state index contributed by atoms with van der Waals surface area (Å²) in [6.07, 6.45) is -0.842. The SMILES string of the molecule is COc1ccc(OC(C)C(=O)NCC(=O)Nc2cccc3c(=O)[nH][nH]c(=O)c23)cc1. The molecule has 10 heteroatoms. The van der Waals surface area contributed by atoms with Gasteiger partial charge < -0.3 is 20.1 Å². The van der Waals surface area contributed by atoms with Crippen LogP contribution in [0.4, 0.5) is 5.69 Å². The van der Waals surface area contributed by atoms with Gasteiger partial charge >= 0.3 is 0 Å². The molecule has 1 heterocycles. The Morgan fingerprint density at radius 2 is 1.67 bits per heavy atom. The number of ether oxygens (including phenoxy) is 2. The summed E-state index contributed by atoms with van der Waals surface area (Å²) in [5.41, 5.74) is -0.869. The van der Waals surface area contributed by atoms with Crippen molar-refractivity contribution in [2.75, 3.05) is 19.0 Å². The minimum absolute atomic E-state index is 0.0529. The van der Waals surface area contributed by atoms with Crippen LogP contribution in [0.3, 0.4) is 0 Å². The van der Waals surface area contributed by atoms with E-state index in [0.717, 1.165) is 0 Å². The number of nitrogens with one attached hydrogen (secondary N) is 4. The molecule has 4 N–H and O–H groups in total. The van der Waals surface area contributed by atoms with E-state index in [4.69, 9.17) is 9.47 Å². The molecule has 0 saturated carbocycles. The van der Waals surface area contributed by atoms with Crippen molar-refractivity contribution in [2.24, 2.45) is 0 Å². The van der Waals surface area contributed by atoms with Gasteiger partial charge in [0.05, 0.1) is 30.1 Å². The molecule has 1 atom stereocenters. The van der Waals surface area contributed by atoms with Crippen molar-refractivity contribution in [3.8, 4) is 11.5 Å². The van der Waals surface area contributed by atoms with Crippen LogP contribution in [0.15, 0.2) is 52.1 Å². The highest BCUT2D eigenvalue weighted by Crippen LogP contribution is 2.18. The zero-order chi connectivity index (χ0) is 21.7. The highest BCUT2D eigenvalue weighted by atomic mass is 16.5. The highest BCUT2D eigenvalue weighted by Gasteiger charge is 2.16. The Balaban J connectivity index is 1.60. The molecule has 3 aromatic rings. The fraction of sp³-hybridized carbons (Fsp3) is 0.200. The van der Waals surface area contributed by atoms with Crippen molar-refractivity contribution in [3.63, 3.8) is 0 Å². The number of rotatable bonds is 7. The third kappa shape index (κ3) is 4.66. The van der Waals surface area contributed by atoms with E-state index in [1.165, 1.54) is 18.2 Å². The fourth-order valence-corrected chi connectivity index (χ4v) is 2.75. The van der Waals surface area contributed by atoms with E-state index < -0.39 is 29.0 Å². The zero-order valence-corrected chi connectivity index (χ0v) is 16.3. The van der Waals surface area contributed by atoms with Crippen LogP contribution in [-0.2, 0) is 9.59 Å². The lowest BCUT2D eigenvalue weighted by Gasteiger charge is -2.15. The Labute approximate surface area is 170 Å². The minimum atomic E-state index is -0.842. The van der Waals surface area contributed by atoms with Gasteiger partial charge in [0.2, 0.25) is 5.91 Å². The maximum absolute atomic E-state index is 12.2.